The highest BCUT2D eigenvalue weighted by atomic mass is 32.2. The van der Waals surface area contributed by atoms with Crippen molar-refractivity contribution in [3.63, 3.8) is 0 Å². The molecule has 0 fully saturated rings. The van der Waals surface area contributed by atoms with Gasteiger partial charge in [-0.25, -0.2) is 4.79 Å². The number of benzene rings is 1. The van der Waals surface area contributed by atoms with Crippen LogP contribution in [0.2, 0.25) is 0 Å². The number of carbonyl (C=O) groups is 1. The molecule has 0 atom stereocenters. The average molecular weight is 283 g/mol. The topological polar surface area (TPSA) is 74.7 Å². The fraction of sp³-hybridized carbons (Fsp3) is 0.222. The van der Waals surface area contributed by atoms with Crippen LogP contribution in [0.1, 0.15) is 10.4 Å². The van der Waals surface area contributed by atoms with Crippen LogP contribution in [0.5, 0.6) is 0 Å². The molecule has 100 valence electrons. The van der Waals surface area contributed by atoms with E-state index < -0.39 is 21.5 Å². The summed E-state index contributed by atoms with van der Waals surface area (Å²) < 4.78 is 58.9. The average Bonchev–Trinajstić information content (AvgIpc) is 2.26. The summed E-state index contributed by atoms with van der Waals surface area (Å²) in [5.74, 6) is -1.26. The molecule has 0 unspecified atom stereocenters. The number of aromatic carboxylic acids is 1. The number of nitrogens with zero attached hydrogens (tertiary/aromatic N) is 1. The van der Waals surface area contributed by atoms with Crippen molar-refractivity contribution in [3.05, 3.63) is 29.8 Å². The minimum absolute atomic E-state index is 0.0403. The Morgan fingerprint density at radius 3 is 2.00 bits per heavy atom. The smallest absolute Gasteiger partial charge is 0.478 e. The SMILES string of the molecule is CN(c1ccc(C(=O)O)cc1)S(=O)(=O)C(F)(F)F. The third-order valence-electron chi connectivity index (χ3n) is 2.13. The van der Waals surface area contributed by atoms with Gasteiger partial charge in [0, 0.05) is 7.05 Å². The number of hydrogen-bond acceptors (Lipinski definition) is 3. The van der Waals surface area contributed by atoms with Gasteiger partial charge >= 0.3 is 21.5 Å². The predicted molar refractivity (Wildman–Crippen MR) is 56.8 cm³/mol. The highest BCUT2D eigenvalue weighted by molar-refractivity contribution is 7.93. The molecule has 0 spiro atoms. The normalized spacial score (nSPS) is 12.2. The van der Waals surface area contributed by atoms with Gasteiger partial charge < -0.3 is 5.11 Å². The lowest BCUT2D eigenvalue weighted by atomic mass is 10.2. The molecular formula is C9H8F3NO4S. The molecule has 1 aromatic rings. The van der Waals surface area contributed by atoms with Crippen LogP contribution in [0.15, 0.2) is 24.3 Å². The number of halogens is 3. The third kappa shape index (κ3) is 2.55. The Morgan fingerprint density at radius 1 is 1.22 bits per heavy atom. The van der Waals surface area contributed by atoms with Crippen LogP contribution in [-0.2, 0) is 10.0 Å². The van der Waals surface area contributed by atoms with Gasteiger partial charge in [-0.15, -0.1) is 0 Å². The quantitative estimate of drug-likeness (QED) is 0.915. The van der Waals surface area contributed by atoms with E-state index in [1.807, 2.05) is 0 Å². The van der Waals surface area contributed by atoms with Crippen molar-refractivity contribution in [2.75, 3.05) is 11.4 Å². The van der Waals surface area contributed by atoms with Gasteiger partial charge in [0.1, 0.15) is 0 Å². The maximum atomic E-state index is 12.3. The summed E-state index contributed by atoms with van der Waals surface area (Å²) in [6.07, 6.45) is 0. The molecule has 0 saturated carbocycles. The first-order chi connectivity index (χ1) is 8.07. The second-order valence-electron chi connectivity index (χ2n) is 3.27. The van der Waals surface area contributed by atoms with Crippen LogP contribution < -0.4 is 4.31 Å². The number of alkyl halides is 3. The molecule has 1 aromatic carbocycles. The maximum absolute atomic E-state index is 12.3. The minimum Gasteiger partial charge on any atom is -0.478 e. The number of anilines is 1. The number of hydrogen-bond donors (Lipinski definition) is 1. The van der Waals surface area contributed by atoms with Crippen LogP contribution in [0, 0.1) is 0 Å². The Balaban J connectivity index is 3.13. The van der Waals surface area contributed by atoms with E-state index in [-0.39, 0.29) is 15.6 Å². The van der Waals surface area contributed by atoms with E-state index in [0.29, 0.717) is 0 Å². The first-order valence-corrected chi connectivity index (χ1v) is 5.90. The van der Waals surface area contributed by atoms with Gasteiger partial charge in [0.25, 0.3) is 0 Å². The van der Waals surface area contributed by atoms with Gasteiger partial charge in [0.15, 0.2) is 0 Å². The van der Waals surface area contributed by atoms with Crippen molar-refractivity contribution in [2.24, 2.45) is 0 Å². The lowest BCUT2D eigenvalue weighted by Crippen LogP contribution is -2.38. The molecule has 1 rings (SSSR count). The molecule has 0 aliphatic rings. The van der Waals surface area contributed by atoms with E-state index in [9.17, 15) is 26.4 Å². The van der Waals surface area contributed by atoms with Crippen LogP contribution in [0.25, 0.3) is 0 Å². The minimum atomic E-state index is -5.48. The summed E-state index contributed by atoms with van der Waals surface area (Å²) in [5.41, 5.74) is -5.85. The van der Waals surface area contributed by atoms with Crippen molar-refractivity contribution >= 4 is 21.7 Å². The van der Waals surface area contributed by atoms with Gasteiger partial charge in [-0.2, -0.15) is 21.6 Å². The van der Waals surface area contributed by atoms with E-state index in [0.717, 1.165) is 31.3 Å². The monoisotopic (exact) mass is 283 g/mol. The Bertz CT molecular complexity index is 550. The highest BCUT2D eigenvalue weighted by Crippen LogP contribution is 2.29. The molecular weight excluding hydrogens is 275 g/mol. The zero-order valence-electron chi connectivity index (χ0n) is 8.97. The molecule has 0 bridgehead atoms. The molecule has 0 radical (unpaired) electrons. The summed E-state index contributed by atoms with van der Waals surface area (Å²) in [7, 11) is -4.74. The molecule has 0 aromatic heterocycles. The Morgan fingerprint density at radius 2 is 1.67 bits per heavy atom. The largest absolute Gasteiger partial charge is 0.516 e. The van der Waals surface area contributed by atoms with Crippen molar-refractivity contribution in [1.82, 2.24) is 0 Å². The summed E-state index contributed by atoms with van der Waals surface area (Å²) in [6, 6.07) is 3.99. The predicted octanol–water partition coefficient (Wildman–Crippen LogP) is 1.67. The Hall–Kier alpha value is -1.77. The van der Waals surface area contributed by atoms with Gasteiger partial charge in [0.05, 0.1) is 11.3 Å². The number of carboxylic acids is 1. The summed E-state index contributed by atoms with van der Waals surface area (Å²) in [5, 5.41) is 8.59. The van der Waals surface area contributed by atoms with Gasteiger partial charge in [-0.1, -0.05) is 0 Å². The first kappa shape index (κ1) is 14.3. The molecule has 0 saturated heterocycles. The van der Waals surface area contributed by atoms with Crippen LogP contribution in [0.4, 0.5) is 18.9 Å². The van der Waals surface area contributed by atoms with Crippen molar-refractivity contribution < 1.29 is 31.5 Å². The first-order valence-electron chi connectivity index (χ1n) is 4.46. The summed E-state index contributed by atoms with van der Waals surface area (Å²) in [4.78, 5) is 10.5. The Kier molecular flexibility index (Phi) is 3.56. The van der Waals surface area contributed by atoms with E-state index in [2.05, 4.69) is 0 Å². The van der Waals surface area contributed by atoms with E-state index in [1.54, 1.807) is 0 Å². The molecule has 5 nitrogen and oxygen atoms in total. The number of sulfonamides is 1. The zero-order valence-corrected chi connectivity index (χ0v) is 9.79. The lowest BCUT2D eigenvalue weighted by Gasteiger charge is -2.20. The molecule has 0 aliphatic carbocycles. The van der Waals surface area contributed by atoms with Crippen molar-refractivity contribution in [3.8, 4) is 0 Å². The number of carboxylic acid groups (broad SMARTS) is 1. The summed E-state index contributed by atoms with van der Waals surface area (Å²) in [6.45, 7) is 0. The number of rotatable bonds is 3. The van der Waals surface area contributed by atoms with E-state index >= 15 is 0 Å². The maximum Gasteiger partial charge on any atom is 0.516 e. The van der Waals surface area contributed by atoms with Crippen molar-refractivity contribution in [2.45, 2.75) is 5.51 Å². The zero-order chi connectivity index (χ0) is 14.1. The Labute approximate surface area is 100 Å². The third-order valence-corrected chi connectivity index (χ3v) is 3.65. The molecule has 9 heteroatoms. The van der Waals surface area contributed by atoms with Crippen LogP contribution in [0.3, 0.4) is 0 Å². The fourth-order valence-corrected chi connectivity index (χ4v) is 1.82. The fourth-order valence-electron chi connectivity index (χ4n) is 1.11. The summed E-state index contributed by atoms with van der Waals surface area (Å²) >= 11 is 0. The molecule has 1 N–H and O–H groups in total. The molecule has 0 heterocycles. The van der Waals surface area contributed by atoms with Gasteiger partial charge in [0.2, 0.25) is 0 Å². The second-order valence-corrected chi connectivity index (χ2v) is 5.23. The molecule has 0 aliphatic heterocycles. The van der Waals surface area contributed by atoms with E-state index in [1.165, 1.54) is 0 Å². The van der Waals surface area contributed by atoms with Gasteiger partial charge in [-0.05, 0) is 24.3 Å². The molecule has 0 amide bonds. The van der Waals surface area contributed by atoms with Gasteiger partial charge in [-0.3, -0.25) is 4.31 Å². The van der Waals surface area contributed by atoms with E-state index in [4.69, 9.17) is 5.11 Å². The van der Waals surface area contributed by atoms with Crippen LogP contribution >= 0.6 is 0 Å². The second kappa shape index (κ2) is 4.48. The van der Waals surface area contributed by atoms with Crippen LogP contribution in [-0.4, -0.2) is 32.0 Å². The highest BCUT2D eigenvalue weighted by Gasteiger charge is 2.49. The lowest BCUT2D eigenvalue weighted by molar-refractivity contribution is -0.0437. The van der Waals surface area contributed by atoms with Crippen molar-refractivity contribution in [1.29, 1.82) is 0 Å². The molecule has 18 heavy (non-hydrogen) atoms. The standard InChI is InChI=1S/C9H8F3NO4S/c1-13(18(16,17)9(10,11)12)7-4-2-6(3-5-7)8(14)15/h2-5H,1H3,(H,14,15).